The highest BCUT2D eigenvalue weighted by Gasteiger charge is 2.30. The molecule has 1 saturated carbocycles. The molecule has 0 spiro atoms. The van der Waals surface area contributed by atoms with Gasteiger partial charge in [-0.1, -0.05) is 11.6 Å². The van der Waals surface area contributed by atoms with E-state index in [1.165, 1.54) is 12.1 Å². The number of ether oxygens (including phenoxy) is 1. The molecule has 1 aromatic heterocycles. The first-order valence-electron chi connectivity index (χ1n) is 11.9. The lowest BCUT2D eigenvalue weighted by Crippen LogP contribution is -2.38. The largest absolute Gasteiger partial charge is 0.381 e. The smallest absolute Gasteiger partial charge is 0.224 e. The lowest BCUT2D eigenvalue weighted by atomic mass is 9.85. The molecular formula is C24H31ClFN7O2. The highest BCUT2D eigenvalue weighted by atomic mass is 35.5. The second kappa shape index (κ2) is 11.2. The van der Waals surface area contributed by atoms with Crippen molar-refractivity contribution in [1.82, 2.24) is 14.9 Å². The number of aromatic nitrogens is 2. The number of nitrogens with two attached hydrogens (primary N) is 1. The monoisotopic (exact) mass is 503 g/mol. The molecule has 188 valence electrons. The Kier molecular flexibility index (Phi) is 8.02. The summed E-state index contributed by atoms with van der Waals surface area (Å²) in [6.07, 6.45) is 4.57. The van der Waals surface area contributed by atoms with E-state index in [0.717, 1.165) is 25.7 Å². The average molecular weight is 504 g/mol. The van der Waals surface area contributed by atoms with Crippen LogP contribution in [0.5, 0.6) is 0 Å². The number of halogens is 2. The third kappa shape index (κ3) is 5.99. The number of benzene rings is 1. The Labute approximate surface area is 209 Å². The number of nitrogens with zero attached hydrogens (tertiary/aromatic N) is 4. The summed E-state index contributed by atoms with van der Waals surface area (Å²) < 4.78 is 21.0. The Balaban J connectivity index is 1.69. The number of amides is 1. The fourth-order valence-corrected chi connectivity index (χ4v) is 4.89. The first-order valence-corrected chi connectivity index (χ1v) is 12.2. The lowest BCUT2D eigenvalue weighted by Gasteiger charge is -2.29. The number of imidazole rings is 1. The Hall–Kier alpha value is -2.98. The highest BCUT2D eigenvalue weighted by molar-refractivity contribution is 6.33. The summed E-state index contributed by atoms with van der Waals surface area (Å²) in [6.45, 7) is 6.94. The molecule has 1 aliphatic heterocycles. The van der Waals surface area contributed by atoms with E-state index in [0.29, 0.717) is 55.2 Å². The van der Waals surface area contributed by atoms with E-state index in [-0.39, 0.29) is 28.9 Å². The first-order chi connectivity index (χ1) is 16.9. The van der Waals surface area contributed by atoms with Gasteiger partial charge in [0.1, 0.15) is 5.82 Å². The van der Waals surface area contributed by atoms with Gasteiger partial charge in [0, 0.05) is 31.2 Å². The zero-order chi connectivity index (χ0) is 24.9. The third-order valence-electron chi connectivity index (χ3n) is 6.61. The fourth-order valence-electron chi connectivity index (χ4n) is 4.67. The van der Waals surface area contributed by atoms with Gasteiger partial charge in [-0.05, 0) is 70.4 Å². The maximum absolute atomic E-state index is 13.6. The molecular weight excluding hydrogens is 473 g/mol. The Morgan fingerprint density at radius 2 is 1.97 bits per heavy atom. The number of hydrogen-bond acceptors (Lipinski definition) is 5. The van der Waals surface area contributed by atoms with Crippen molar-refractivity contribution in [3.05, 3.63) is 34.7 Å². The molecule has 4 rings (SSSR count). The summed E-state index contributed by atoms with van der Waals surface area (Å²) in [7, 11) is 0. The number of carbonyl (C=O) groups excluding carboxylic acids is 1. The van der Waals surface area contributed by atoms with Gasteiger partial charge < -0.3 is 21.1 Å². The van der Waals surface area contributed by atoms with Crippen molar-refractivity contribution < 1.29 is 13.9 Å². The van der Waals surface area contributed by atoms with Crippen LogP contribution in [0.2, 0.25) is 5.02 Å². The van der Waals surface area contributed by atoms with Crippen molar-refractivity contribution in [2.45, 2.75) is 57.5 Å². The van der Waals surface area contributed by atoms with Gasteiger partial charge in [0.15, 0.2) is 5.82 Å². The number of anilines is 2. The van der Waals surface area contributed by atoms with E-state index >= 15 is 0 Å². The molecule has 1 amide bonds. The Morgan fingerprint density at radius 3 is 2.60 bits per heavy atom. The van der Waals surface area contributed by atoms with Crippen molar-refractivity contribution >= 4 is 47.6 Å². The summed E-state index contributed by atoms with van der Waals surface area (Å²) in [4.78, 5) is 25.4. The number of carbonyl (C=O) groups is 1. The lowest BCUT2D eigenvalue weighted by molar-refractivity contribution is -0.122. The van der Waals surface area contributed by atoms with Gasteiger partial charge in [0.05, 0.1) is 16.4 Å². The maximum atomic E-state index is 13.6. The molecule has 1 aliphatic carbocycles. The van der Waals surface area contributed by atoms with Gasteiger partial charge in [0.2, 0.25) is 17.8 Å². The summed E-state index contributed by atoms with van der Waals surface area (Å²) in [6, 6.07) is 4.39. The van der Waals surface area contributed by atoms with Crippen LogP contribution in [0, 0.1) is 18.7 Å². The van der Waals surface area contributed by atoms with Gasteiger partial charge in [-0.15, -0.1) is 0 Å². The normalized spacial score (nSPS) is 21.5. The van der Waals surface area contributed by atoms with Crippen LogP contribution < -0.4 is 16.4 Å². The maximum Gasteiger partial charge on any atom is 0.224 e. The summed E-state index contributed by atoms with van der Waals surface area (Å²) in [5, 5.41) is 6.85. The molecule has 4 N–H and O–H groups in total. The molecule has 2 heterocycles. The molecule has 9 nitrogen and oxygen atoms in total. The second-order valence-corrected chi connectivity index (χ2v) is 9.40. The van der Waals surface area contributed by atoms with Crippen LogP contribution in [0.4, 0.5) is 21.8 Å². The number of aryl methyl sites for hydroxylation is 1. The Morgan fingerprint density at radius 1 is 1.26 bits per heavy atom. The van der Waals surface area contributed by atoms with Crippen LogP contribution in [0.3, 0.4) is 0 Å². The zero-order valence-corrected chi connectivity index (χ0v) is 20.5. The van der Waals surface area contributed by atoms with E-state index in [1.807, 2.05) is 11.5 Å². The SMILES string of the molecule is C=N/C(=N\c1c(C)nc(Nc2ccc(F)cc2Cl)n1[C@H]1CC[C@@H](C(N)=O)CC1)NC1CCOCC1. The predicted octanol–water partition coefficient (Wildman–Crippen LogP) is 4.40. The van der Waals surface area contributed by atoms with Crippen LogP contribution in [0.25, 0.3) is 0 Å². The number of hydrogen-bond donors (Lipinski definition) is 3. The van der Waals surface area contributed by atoms with Crippen molar-refractivity contribution in [3.63, 3.8) is 0 Å². The van der Waals surface area contributed by atoms with Crippen molar-refractivity contribution in [1.29, 1.82) is 0 Å². The van der Waals surface area contributed by atoms with Crippen LogP contribution in [0.1, 0.15) is 50.3 Å². The molecule has 2 fully saturated rings. The van der Waals surface area contributed by atoms with E-state index in [2.05, 4.69) is 22.3 Å². The number of aliphatic imine (C=N–C) groups is 2. The minimum absolute atomic E-state index is 0.0291. The molecule has 0 unspecified atom stereocenters. The van der Waals surface area contributed by atoms with Gasteiger partial charge in [-0.2, -0.15) is 4.99 Å². The first kappa shape index (κ1) is 25.1. The second-order valence-electron chi connectivity index (χ2n) is 9.00. The minimum atomic E-state index is -0.420. The van der Waals surface area contributed by atoms with Gasteiger partial charge in [-0.3, -0.25) is 9.36 Å². The van der Waals surface area contributed by atoms with Crippen LogP contribution in [0.15, 0.2) is 28.2 Å². The summed E-state index contributed by atoms with van der Waals surface area (Å²) in [5.41, 5.74) is 6.77. The molecule has 0 atom stereocenters. The van der Waals surface area contributed by atoms with Crippen LogP contribution in [-0.2, 0) is 9.53 Å². The molecule has 1 saturated heterocycles. The van der Waals surface area contributed by atoms with E-state index in [4.69, 9.17) is 32.0 Å². The molecule has 2 aliphatic rings. The third-order valence-corrected chi connectivity index (χ3v) is 6.92. The number of guanidine groups is 1. The van der Waals surface area contributed by atoms with Crippen molar-refractivity contribution in [2.24, 2.45) is 21.6 Å². The average Bonchev–Trinajstić information content (AvgIpc) is 3.15. The molecule has 0 bridgehead atoms. The zero-order valence-electron chi connectivity index (χ0n) is 19.8. The fraction of sp³-hybridized carbons (Fsp3) is 0.500. The quantitative estimate of drug-likeness (QED) is 0.398. The van der Waals surface area contributed by atoms with E-state index < -0.39 is 5.82 Å². The minimum Gasteiger partial charge on any atom is -0.381 e. The molecule has 35 heavy (non-hydrogen) atoms. The standard InChI is InChI=1S/C24H31ClFN7O2/c1-14-22(32-23(28-2)30-17-9-11-35-12-10-17)33(18-6-3-15(4-7-18)21(27)34)24(29-14)31-20-8-5-16(26)13-19(20)25/h5,8,13,15,17-18H,2-4,6-7,9-12H2,1H3,(H2,27,34)(H,29,31)(H,30,32)/t15-,18+. The van der Waals surface area contributed by atoms with Gasteiger partial charge in [-0.25, -0.2) is 14.4 Å². The van der Waals surface area contributed by atoms with Crippen molar-refractivity contribution in [2.75, 3.05) is 18.5 Å². The number of primary amides is 1. The van der Waals surface area contributed by atoms with Crippen LogP contribution >= 0.6 is 11.6 Å². The predicted molar refractivity (Wildman–Crippen MR) is 135 cm³/mol. The van der Waals surface area contributed by atoms with E-state index in [1.54, 1.807) is 6.07 Å². The van der Waals surface area contributed by atoms with Gasteiger partial charge >= 0.3 is 0 Å². The highest BCUT2D eigenvalue weighted by Crippen LogP contribution is 2.40. The molecule has 0 radical (unpaired) electrons. The molecule has 1 aromatic carbocycles. The van der Waals surface area contributed by atoms with E-state index in [9.17, 15) is 9.18 Å². The van der Waals surface area contributed by atoms with Crippen LogP contribution in [-0.4, -0.2) is 47.4 Å². The Bertz CT molecular complexity index is 1110. The summed E-state index contributed by atoms with van der Waals surface area (Å²) in [5.74, 6) is 0.765. The molecule has 11 heteroatoms. The molecule has 2 aromatic rings. The van der Waals surface area contributed by atoms with Gasteiger partial charge in [0.25, 0.3) is 0 Å². The number of nitrogens with one attached hydrogen (secondary N) is 2. The van der Waals surface area contributed by atoms with Crippen molar-refractivity contribution in [3.8, 4) is 0 Å². The topological polar surface area (TPSA) is 119 Å². The number of rotatable bonds is 6. The summed E-state index contributed by atoms with van der Waals surface area (Å²) >= 11 is 6.27.